The van der Waals surface area contributed by atoms with Crippen LogP contribution in [0.5, 0.6) is 0 Å². The summed E-state index contributed by atoms with van der Waals surface area (Å²) in [7, 11) is 1.95. The molecule has 0 amide bonds. The Labute approximate surface area is 147 Å². The van der Waals surface area contributed by atoms with Crippen LogP contribution in [-0.2, 0) is 13.5 Å². The molecule has 5 nitrogen and oxygen atoms in total. The number of aromatic nitrogens is 4. The number of nitrogens with one attached hydrogen (secondary N) is 1. The molecule has 0 bridgehead atoms. The summed E-state index contributed by atoms with van der Waals surface area (Å²) in [4.78, 5) is 4.67. The first-order chi connectivity index (χ1) is 12.3. The molecule has 0 saturated carbocycles. The topological polar surface area (TPSA) is 47.2 Å². The first-order valence-electron chi connectivity index (χ1n) is 8.49. The molecule has 0 fully saturated rings. The van der Waals surface area contributed by atoms with Gasteiger partial charge in [0.05, 0.1) is 17.9 Å². The zero-order valence-electron chi connectivity index (χ0n) is 14.2. The van der Waals surface area contributed by atoms with E-state index in [1.54, 1.807) is 0 Å². The highest BCUT2D eigenvalue weighted by Crippen LogP contribution is 2.21. The summed E-state index contributed by atoms with van der Waals surface area (Å²) in [5, 5.41) is 7.97. The highest BCUT2D eigenvalue weighted by atomic mass is 15.2. The molecule has 0 aliphatic heterocycles. The van der Waals surface area contributed by atoms with Crippen molar-refractivity contribution in [3.05, 3.63) is 90.1 Å². The lowest BCUT2D eigenvalue weighted by Crippen LogP contribution is -2.24. The van der Waals surface area contributed by atoms with Crippen LogP contribution < -0.4 is 5.32 Å². The molecule has 1 N–H and O–H groups in total. The van der Waals surface area contributed by atoms with Crippen molar-refractivity contribution in [2.24, 2.45) is 7.05 Å². The predicted molar refractivity (Wildman–Crippen MR) is 98.4 cm³/mol. The van der Waals surface area contributed by atoms with Crippen molar-refractivity contribution in [2.75, 3.05) is 6.54 Å². The molecule has 3 heterocycles. The van der Waals surface area contributed by atoms with Gasteiger partial charge in [-0.05, 0) is 17.7 Å². The molecule has 0 saturated heterocycles. The Balaban J connectivity index is 1.49. The molecule has 4 aromatic rings. The summed E-state index contributed by atoms with van der Waals surface area (Å²) >= 11 is 0. The average Bonchev–Trinajstić information content (AvgIpc) is 3.25. The van der Waals surface area contributed by atoms with Gasteiger partial charge in [-0.15, -0.1) is 0 Å². The third kappa shape index (κ3) is 3.46. The zero-order valence-corrected chi connectivity index (χ0v) is 14.2. The Morgan fingerprint density at radius 3 is 2.60 bits per heavy atom. The van der Waals surface area contributed by atoms with E-state index in [1.165, 1.54) is 11.1 Å². The van der Waals surface area contributed by atoms with E-state index < -0.39 is 0 Å². The molecule has 0 radical (unpaired) electrons. The number of pyridine rings is 1. The van der Waals surface area contributed by atoms with Gasteiger partial charge >= 0.3 is 0 Å². The molecule has 4 rings (SSSR count). The first-order valence-corrected chi connectivity index (χ1v) is 8.49. The van der Waals surface area contributed by atoms with Gasteiger partial charge in [-0.1, -0.05) is 36.4 Å². The maximum absolute atomic E-state index is 4.67. The van der Waals surface area contributed by atoms with Crippen molar-refractivity contribution >= 4 is 5.65 Å². The lowest BCUT2D eigenvalue weighted by atomic mass is 10.0. The molecular formula is C20H21N5. The Morgan fingerprint density at radius 1 is 1.00 bits per heavy atom. The molecule has 3 aromatic heterocycles. The van der Waals surface area contributed by atoms with Crippen LogP contribution in [0.2, 0.25) is 0 Å². The van der Waals surface area contributed by atoms with Crippen molar-refractivity contribution in [2.45, 2.75) is 12.5 Å². The molecular weight excluding hydrogens is 310 g/mol. The van der Waals surface area contributed by atoms with Crippen LogP contribution in [0.15, 0.2) is 73.3 Å². The van der Waals surface area contributed by atoms with E-state index >= 15 is 0 Å². The lowest BCUT2D eigenvalue weighted by Gasteiger charge is -2.17. The summed E-state index contributed by atoms with van der Waals surface area (Å²) in [5.74, 6) is 0. The van der Waals surface area contributed by atoms with Gasteiger partial charge < -0.3 is 9.72 Å². The Bertz CT molecular complexity index is 921. The molecule has 0 spiro atoms. The van der Waals surface area contributed by atoms with E-state index in [0.717, 1.165) is 24.3 Å². The van der Waals surface area contributed by atoms with Gasteiger partial charge in [0, 0.05) is 44.2 Å². The number of benzene rings is 1. The van der Waals surface area contributed by atoms with Crippen LogP contribution in [0, 0.1) is 0 Å². The standard InChI is InChI=1S/C20H21N5/c1-24-14-17(13-22-24)20(16-7-3-2-4-8-16)21-11-10-18-15-25-12-6-5-9-19(25)23-18/h2-9,12-15,20-21H,10-11H2,1H3. The summed E-state index contributed by atoms with van der Waals surface area (Å²) in [5.41, 5.74) is 4.50. The van der Waals surface area contributed by atoms with Crippen LogP contribution in [0.1, 0.15) is 22.9 Å². The van der Waals surface area contributed by atoms with E-state index in [4.69, 9.17) is 0 Å². The third-order valence-electron chi connectivity index (χ3n) is 4.33. The van der Waals surface area contributed by atoms with Crippen LogP contribution >= 0.6 is 0 Å². The Morgan fingerprint density at radius 2 is 1.84 bits per heavy atom. The SMILES string of the molecule is Cn1cc(C(NCCc2cn3ccccc3n2)c2ccccc2)cn1. The van der Waals surface area contributed by atoms with Gasteiger partial charge in [-0.3, -0.25) is 4.68 Å². The van der Waals surface area contributed by atoms with Gasteiger partial charge in [-0.2, -0.15) is 5.10 Å². The predicted octanol–water partition coefficient (Wildman–Crippen LogP) is 2.99. The Kier molecular flexibility index (Phi) is 4.31. The molecule has 0 aliphatic carbocycles. The molecule has 1 unspecified atom stereocenters. The van der Waals surface area contributed by atoms with Crippen molar-refractivity contribution in [1.82, 2.24) is 24.5 Å². The van der Waals surface area contributed by atoms with Gasteiger partial charge in [0.1, 0.15) is 5.65 Å². The van der Waals surface area contributed by atoms with Crippen LogP contribution in [-0.4, -0.2) is 25.7 Å². The maximum Gasteiger partial charge on any atom is 0.136 e. The van der Waals surface area contributed by atoms with Gasteiger partial charge in [0.2, 0.25) is 0 Å². The average molecular weight is 331 g/mol. The fourth-order valence-electron chi connectivity index (χ4n) is 3.12. The Hall–Kier alpha value is -2.92. The molecule has 5 heteroatoms. The van der Waals surface area contributed by atoms with Crippen molar-refractivity contribution in [3.63, 3.8) is 0 Å². The minimum Gasteiger partial charge on any atom is -0.307 e. The normalized spacial score (nSPS) is 12.5. The number of fused-ring (bicyclic) bond motifs is 1. The van der Waals surface area contributed by atoms with Crippen molar-refractivity contribution in [3.8, 4) is 0 Å². The van der Waals surface area contributed by atoms with Gasteiger partial charge in [0.15, 0.2) is 0 Å². The second kappa shape index (κ2) is 6.91. The van der Waals surface area contributed by atoms with E-state index in [0.29, 0.717) is 0 Å². The maximum atomic E-state index is 4.67. The second-order valence-corrected chi connectivity index (χ2v) is 6.19. The monoisotopic (exact) mass is 331 g/mol. The molecule has 25 heavy (non-hydrogen) atoms. The van der Waals surface area contributed by atoms with Crippen LogP contribution in [0.3, 0.4) is 0 Å². The molecule has 126 valence electrons. The number of aryl methyl sites for hydroxylation is 1. The minimum absolute atomic E-state index is 0.131. The first kappa shape index (κ1) is 15.6. The van der Waals surface area contributed by atoms with Crippen molar-refractivity contribution in [1.29, 1.82) is 0 Å². The number of hydrogen-bond donors (Lipinski definition) is 1. The van der Waals surface area contributed by atoms with E-state index in [-0.39, 0.29) is 6.04 Å². The second-order valence-electron chi connectivity index (χ2n) is 6.19. The molecule has 1 atom stereocenters. The molecule has 1 aromatic carbocycles. The fraction of sp³-hybridized carbons (Fsp3) is 0.200. The minimum atomic E-state index is 0.131. The highest BCUT2D eigenvalue weighted by molar-refractivity contribution is 5.39. The lowest BCUT2D eigenvalue weighted by molar-refractivity contribution is 0.602. The van der Waals surface area contributed by atoms with E-state index in [9.17, 15) is 0 Å². The summed E-state index contributed by atoms with van der Waals surface area (Å²) in [6.45, 7) is 0.846. The number of nitrogens with zero attached hydrogens (tertiary/aromatic N) is 4. The number of rotatable bonds is 6. The van der Waals surface area contributed by atoms with Gasteiger partial charge in [0.25, 0.3) is 0 Å². The quantitative estimate of drug-likeness (QED) is 0.591. The zero-order chi connectivity index (χ0) is 17.1. The van der Waals surface area contributed by atoms with Gasteiger partial charge in [-0.25, -0.2) is 4.98 Å². The summed E-state index contributed by atoms with van der Waals surface area (Å²) < 4.78 is 3.90. The number of imidazole rings is 1. The largest absolute Gasteiger partial charge is 0.307 e. The van der Waals surface area contributed by atoms with Crippen LogP contribution in [0.4, 0.5) is 0 Å². The third-order valence-corrected chi connectivity index (χ3v) is 4.33. The molecule has 0 aliphatic rings. The summed E-state index contributed by atoms with van der Waals surface area (Å²) in [6.07, 6.45) is 9.00. The smallest absolute Gasteiger partial charge is 0.136 e. The van der Waals surface area contributed by atoms with E-state index in [1.807, 2.05) is 48.4 Å². The fourth-order valence-corrected chi connectivity index (χ4v) is 3.12. The summed E-state index contributed by atoms with van der Waals surface area (Å²) in [6, 6.07) is 16.7. The highest BCUT2D eigenvalue weighted by Gasteiger charge is 2.15. The van der Waals surface area contributed by atoms with Crippen LogP contribution in [0.25, 0.3) is 5.65 Å². The number of hydrogen-bond acceptors (Lipinski definition) is 3. The van der Waals surface area contributed by atoms with Crippen molar-refractivity contribution < 1.29 is 0 Å². The van der Waals surface area contributed by atoms with E-state index in [2.05, 4.69) is 56.5 Å².